The van der Waals surface area contributed by atoms with E-state index in [-0.39, 0.29) is 0 Å². The Bertz CT molecular complexity index is 489. The third kappa shape index (κ3) is 4.71. The van der Waals surface area contributed by atoms with Gasteiger partial charge < -0.3 is 9.84 Å². The highest BCUT2D eigenvalue weighted by Gasteiger charge is 2.00. The van der Waals surface area contributed by atoms with E-state index in [0.29, 0.717) is 0 Å². The molecule has 0 aliphatic heterocycles. The van der Waals surface area contributed by atoms with Crippen LogP contribution in [0, 0.1) is 0 Å². The molecule has 20 heavy (non-hydrogen) atoms. The summed E-state index contributed by atoms with van der Waals surface area (Å²) in [5.74, 6) is 0.870. The first-order chi connectivity index (χ1) is 9.75. The van der Waals surface area contributed by atoms with Crippen molar-refractivity contribution in [1.29, 1.82) is 0 Å². The van der Waals surface area contributed by atoms with E-state index in [4.69, 9.17) is 4.74 Å². The van der Waals surface area contributed by atoms with Crippen molar-refractivity contribution in [2.75, 3.05) is 6.61 Å². The molecule has 0 bridgehead atoms. The van der Waals surface area contributed by atoms with Crippen molar-refractivity contribution in [1.82, 2.24) is 0 Å². The maximum absolute atomic E-state index is 9.43. The Morgan fingerprint density at radius 1 is 0.950 bits per heavy atom. The van der Waals surface area contributed by atoms with Crippen LogP contribution in [-0.4, -0.2) is 11.7 Å². The molecular formula is C18H22O2. The molecule has 0 radical (unpaired) electrons. The second-order valence-electron chi connectivity index (χ2n) is 5.04. The summed E-state index contributed by atoms with van der Waals surface area (Å²) >= 11 is 0. The molecule has 0 fully saturated rings. The van der Waals surface area contributed by atoms with Crippen molar-refractivity contribution >= 4 is 0 Å². The highest BCUT2D eigenvalue weighted by molar-refractivity contribution is 5.28. The molecule has 0 aromatic heterocycles. The molecule has 0 heterocycles. The predicted molar refractivity (Wildman–Crippen MR) is 82.0 cm³/mol. The second-order valence-corrected chi connectivity index (χ2v) is 5.04. The number of aliphatic hydroxyl groups is 1. The van der Waals surface area contributed by atoms with Gasteiger partial charge in [0.1, 0.15) is 5.75 Å². The Morgan fingerprint density at radius 2 is 1.65 bits per heavy atom. The average Bonchev–Trinajstić information content (AvgIpc) is 2.48. The fraction of sp³-hybridized carbons (Fsp3) is 0.333. The van der Waals surface area contributed by atoms with Gasteiger partial charge in [0, 0.05) is 0 Å². The summed E-state index contributed by atoms with van der Waals surface area (Å²) in [6.07, 6.45) is 2.86. The molecule has 0 amide bonds. The van der Waals surface area contributed by atoms with E-state index in [1.807, 2.05) is 30.3 Å². The number of aliphatic hydroxyl groups excluding tert-OH is 1. The lowest BCUT2D eigenvalue weighted by Crippen LogP contribution is -1.99. The van der Waals surface area contributed by atoms with Crippen LogP contribution in [0.5, 0.6) is 5.75 Å². The molecular weight excluding hydrogens is 248 g/mol. The Hall–Kier alpha value is -1.80. The first-order valence-corrected chi connectivity index (χ1v) is 7.20. The van der Waals surface area contributed by atoms with Gasteiger partial charge in [0.05, 0.1) is 12.7 Å². The zero-order valence-electron chi connectivity index (χ0n) is 12.0. The monoisotopic (exact) mass is 270 g/mol. The molecule has 0 unspecified atom stereocenters. The molecule has 2 rings (SSSR count). The minimum atomic E-state index is -0.421. The van der Waals surface area contributed by atoms with Crippen molar-refractivity contribution in [2.24, 2.45) is 0 Å². The van der Waals surface area contributed by atoms with Gasteiger partial charge in [-0.1, -0.05) is 42.5 Å². The van der Waals surface area contributed by atoms with Crippen LogP contribution >= 0.6 is 0 Å². The number of benzene rings is 2. The first kappa shape index (κ1) is 14.6. The van der Waals surface area contributed by atoms with Crippen molar-refractivity contribution < 1.29 is 9.84 Å². The number of unbranched alkanes of at least 4 members (excludes halogenated alkanes) is 1. The van der Waals surface area contributed by atoms with E-state index < -0.39 is 6.10 Å². The lowest BCUT2D eigenvalue weighted by atomic mass is 10.1. The maximum Gasteiger partial charge on any atom is 0.119 e. The number of hydrogen-bond donors (Lipinski definition) is 1. The molecule has 0 aliphatic rings. The third-order valence-corrected chi connectivity index (χ3v) is 3.33. The largest absolute Gasteiger partial charge is 0.494 e. The average molecular weight is 270 g/mol. The zero-order chi connectivity index (χ0) is 14.2. The molecule has 2 nitrogen and oxygen atoms in total. The van der Waals surface area contributed by atoms with Crippen LogP contribution in [0.25, 0.3) is 0 Å². The Balaban J connectivity index is 1.66. The molecule has 2 aromatic carbocycles. The van der Waals surface area contributed by atoms with Gasteiger partial charge in [0.25, 0.3) is 0 Å². The van der Waals surface area contributed by atoms with Crippen molar-refractivity contribution in [3.8, 4) is 5.75 Å². The van der Waals surface area contributed by atoms with E-state index >= 15 is 0 Å². The van der Waals surface area contributed by atoms with Gasteiger partial charge in [-0.25, -0.2) is 0 Å². The smallest absolute Gasteiger partial charge is 0.119 e. The van der Waals surface area contributed by atoms with Gasteiger partial charge in [0.2, 0.25) is 0 Å². The SMILES string of the molecule is C[C@H](O)c1ccc(OCCCCc2ccccc2)cc1. The molecule has 106 valence electrons. The number of aryl methyl sites for hydroxylation is 1. The van der Waals surface area contributed by atoms with Gasteiger partial charge in [-0.3, -0.25) is 0 Å². The highest BCUT2D eigenvalue weighted by Crippen LogP contribution is 2.17. The summed E-state index contributed by atoms with van der Waals surface area (Å²) < 4.78 is 5.70. The maximum atomic E-state index is 9.43. The van der Waals surface area contributed by atoms with Crippen LogP contribution in [0.15, 0.2) is 54.6 Å². The predicted octanol–water partition coefficient (Wildman–Crippen LogP) is 4.14. The Kier molecular flexibility index (Phi) is 5.63. The molecule has 2 heteroatoms. The summed E-state index contributed by atoms with van der Waals surface area (Å²) in [5, 5.41) is 9.43. The van der Waals surface area contributed by atoms with E-state index in [1.165, 1.54) is 5.56 Å². The van der Waals surface area contributed by atoms with Gasteiger partial charge in [0.15, 0.2) is 0 Å². The van der Waals surface area contributed by atoms with Crippen LogP contribution in [0.4, 0.5) is 0 Å². The summed E-state index contributed by atoms with van der Waals surface area (Å²) in [7, 11) is 0. The topological polar surface area (TPSA) is 29.5 Å². The van der Waals surface area contributed by atoms with Gasteiger partial charge in [-0.2, -0.15) is 0 Å². The fourth-order valence-corrected chi connectivity index (χ4v) is 2.11. The van der Waals surface area contributed by atoms with Crippen LogP contribution in [0.1, 0.15) is 37.0 Å². The minimum absolute atomic E-state index is 0.421. The Labute approximate surface area is 121 Å². The second kappa shape index (κ2) is 7.71. The summed E-state index contributed by atoms with van der Waals surface area (Å²) in [5.41, 5.74) is 2.30. The summed E-state index contributed by atoms with van der Waals surface area (Å²) in [6, 6.07) is 18.2. The number of ether oxygens (including phenoxy) is 1. The fourth-order valence-electron chi connectivity index (χ4n) is 2.11. The normalized spacial score (nSPS) is 12.1. The standard InChI is InChI=1S/C18H22O2/c1-15(19)17-10-12-18(13-11-17)20-14-6-5-9-16-7-3-2-4-8-16/h2-4,7-8,10-13,15,19H,5-6,9,14H2,1H3/t15-/m0/s1. The van der Waals surface area contributed by atoms with Crippen molar-refractivity contribution in [3.05, 3.63) is 65.7 Å². The first-order valence-electron chi connectivity index (χ1n) is 7.20. The number of hydrogen-bond acceptors (Lipinski definition) is 2. The molecule has 1 atom stereocenters. The van der Waals surface area contributed by atoms with Crippen molar-refractivity contribution in [2.45, 2.75) is 32.3 Å². The molecule has 0 saturated carbocycles. The van der Waals surface area contributed by atoms with Crippen LogP contribution in [0.3, 0.4) is 0 Å². The lowest BCUT2D eigenvalue weighted by molar-refractivity contribution is 0.199. The molecule has 0 aliphatic carbocycles. The third-order valence-electron chi connectivity index (χ3n) is 3.33. The van der Waals surface area contributed by atoms with Gasteiger partial charge >= 0.3 is 0 Å². The van der Waals surface area contributed by atoms with E-state index in [2.05, 4.69) is 24.3 Å². The van der Waals surface area contributed by atoms with E-state index in [1.54, 1.807) is 6.92 Å². The lowest BCUT2D eigenvalue weighted by Gasteiger charge is -2.08. The van der Waals surface area contributed by atoms with Crippen molar-refractivity contribution in [3.63, 3.8) is 0 Å². The molecule has 0 spiro atoms. The van der Waals surface area contributed by atoms with E-state index in [0.717, 1.165) is 37.2 Å². The molecule has 1 N–H and O–H groups in total. The van der Waals surface area contributed by atoms with Crippen LogP contribution in [-0.2, 0) is 6.42 Å². The summed E-state index contributed by atoms with van der Waals surface area (Å²) in [6.45, 7) is 2.50. The van der Waals surface area contributed by atoms with Crippen LogP contribution in [0.2, 0.25) is 0 Å². The Morgan fingerprint density at radius 3 is 2.30 bits per heavy atom. The van der Waals surface area contributed by atoms with Gasteiger partial charge in [-0.05, 0) is 49.4 Å². The summed E-state index contributed by atoms with van der Waals surface area (Å²) in [4.78, 5) is 0. The molecule has 0 saturated heterocycles. The van der Waals surface area contributed by atoms with Gasteiger partial charge in [-0.15, -0.1) is 0 Å². The molecule has 2 aromatic rings. The zero-order valence-corrected chi connectivity index (χ0v) is 12.0. The van der Waals surface area contributed by atoms with E-state index in [9.17, 15) is 5.11 Å². The highest BCUT2D eigenvalue weighted by atomic mass is 16.5. The quantitative estimate of drug-likeness (QED) is 0.766. The van der Waals surface area contributed by atoms with Crippen LogP contribution < -0.4 is 4.74 Å². The number of rotatable bonds is 7. The minimum Gasteiger partial charge on any atom is -0.494 e.